The number of carbonyl (C=O) groups is 2. The van der Waals surface area contributed by atoms with Gasteiger partial charge in [-0.25, -0.2) is 4.79 Å². The molecule has 0 bridgehead atoms. The Labute approximate surface area is 99.7 Å². The lowest BCUT2D eigenvalue weighted by atomic mass is 10.3. The maximum Gasteiger partial charge on any atom is 0.412 e. The lowest BCUT2D eigenvalue weighted by molar-refractivity contribution is -0.142. The summed E-state index contributed by atoms with van der Waals surface area (Å²) in [5, 5.41) is 2.46. The minimum atomic E-state index is -0.583. The first-order chi connectivity index (χ1) is 8.22. The van der Waals surface area contributed by atoms with Crippen LogP contribution in [0.2, 0.25) is 0 Å². The van der Waals surface area contributed by atoms with Gasteiger partial charge in [-0.1, -0.05) is 18.2 Å². The molecule has 0 radical (unpaired) electrons. The second-order valence-electron chi connectivity index (χ2n) is 3.18. The van der Waals surface area contributed by atoms with E-state index in [4.69, 9.17) is 9.47 Å². The van der Waals surface area contributed by atoms with Crippen LogP contribution in [0.5, 0.6) is 5.75 Å². The molecule has 0 saturated heterocycles. The Hall–Kier alpha value is -2.04. The van der Waals surface area contributed by atoms with Crippen LogP contribution in [0.1, 0.15) is 13.3 Å². The number of nitrogens with one attached hydrogen (secondary N) is 1. The van der Waals surface area contributed by atoms with Crippen molar-refractivity contribution in [2.45, 2.75) is 13.3 Å². The monoisotopic (exact) mass is 237 g/mol. The van der Waals surface area contributed by atoms with Crippen LogP contribution in [0, 0.1) is 0 Å². The van der Waals surface area contributed by atoms with E-state index in [0.717, 1.165) is 0 Å². The van der Waals surface area contributed by atoms with Gasteiger partial charge in [0.2, 0.25) is 0 Å². The highest BCUT2D eigenvalue weighted by Gasteiger charge is 2.05. The molecular formula is C12H15NO4. The van der Waals surface area contributed by atoms with E-state index < -0.39 is 6.09 Å². The van der Waals surface area contributed by atoms with Gasteiger partial charge in [0.1, 0.15) is 5.75 Å². The summed E-state index contributed by atoms with van der Waals surface area (Å²) < 4.78 is 9.66. The zero-order chi connectivity index (χ0) is 12.5. The molecule has 0 saturated carbocycles. The molecule has 17 heavy (non-hydrogen) atoms. The van der Waals surface area contributed by atoms with E-state index in [-0.39, 0.29) is 18.9 Å². The van der Waals surface area contributed by atoms with Gasteiger partial charge in [-0.15, -0.1) is 0 Å². The van der Waals surface area contributed by atoms with Crippen LogP contribution < -0.4 is 10.1 Å². The van der Waals surface area contributed by atoms with E-state index in [0.29, 0.717) is 12.4 Å². The molecule has 0 unspecified atom stereocenters. The molecule has 0 aromatic heterocycles. The molecule has 1 aromatic rings. The molecule has 0 atom stereocenters. The van der Waals surface area contributed by atoms with Crippen molar-refractivity contribution in [1.82, 2.24) is 5.32 Å². The second kappa shape index (κ2) is 7.27. The average molecular weight is 237 g/mol. The number of hydrogen-bond donors (Lipinski definition) is 1. The molecule has 5 heteroatoms. The molecule has 1 aromatic carbocycles. The van der Waals surface area contributed by atoms with Crippen LogP contribution in [-0.4, -0.2) is 25.2 Å². The fourth-order valence-corrected chi connectivity index (χ4v) is 1.13. The number of para-hydroxylation sites is 1. The number of amides is 1. The Kier molecular flexibility index (Phi) is 5.57. The van der Waals surface area contributed by atoms with Crippen LogP contribution in [0.4, 0.5) is 4.79 Å². The maximum absolute atomic E-state index is 11.3. The van der Waals surface area contributed by atoms with Crippen LogP contribution in [0.15, 0.2) is 30.3 Å². The van der Waals surface area contributed by atoms with E-state index >= 15 is 0 Å². The SMILES string of the molecule is CCOC(=O)CCNC(=O)Oc1ccccc1. The standard InChI is InChI=1S/C12H15NO4/c1-2-16-11(14)8-9-13-12(15)17-10-6-4-3-5-7-10/h3-7H,2,8-9H2,1H3,(H,13,15). The molecule has 0 aliphatic heterocycles. The van der Waals surface area contributed by atoms with Crippen molar-refractivity contribution in [1.29, 1.82) is 0 Å². The van der Waals surface area contributed by atoms with Crippen LogP contribution in [-0.2, 0) is 9.53 Å². The number of rotatable bonds is 5. The van der Waals surface area contributed by atoms with Crippen molar-refractivity contribution in [3.05, 3.63) is 30.3 Å². The van der Waals surface area contributed by atoms with Crippen LogP contribution in [0.25, 0.3) is 0 Å². The first-order valence-electron chi connectivity index (χ1n) is 5.38. The largest absolute Gasteiger partial charge is 0.466 e. The van der Waals surface area contributed by atoms with E-state index in [9.17, 15) is 9.59 Å². The zero-order valence-electron chi connectivity index (χ0n) is 9.64. The van der Waals surface area contributed by atoms with Crippen LogP contribution in [0.3, 0.4) is 0 Å². The molecule has 1 N–H and O–H groups in total. The smallest absolute Gasteiger partial charge is 0.412 e. The fourth-order valence-electron chi connectivity index (χ4n) is 1.13. The summed E-state index contributed by atoms with van der Waals surface area (Å²) in [6.07, 6.45) is -0.446. The van der Waals surface area contributed by atoms with E-state index in [1.165, 1.54) is 0 Å². The molecule has 0 heterocycles. The first kappa shape index (κ1) is 13.0. The molecule has 5 nitrogen and oxygen atoms in total. The van der Waals surface area contributed by atoms with Gasteiger partial charge in [0.25, 0.3) is 0 Å². The summed E-state index contributed by atoms with van der Waals surface area (Å²) in [6.45, 7) is 2.27. The normalized spacial score (nSPS) is 9.47. The third kappa shape index (κ3) is 5.55. The van der Waals surface area contributed by atoms with E-state index in [1.54, 1.807) is 31.2 Å². The van der Waals surface area contributed by atoms with Crippen molar-refractivity contribution in [2.75, 3.05) is 13.2 Å². The van der Waals surface area contributed by atoms with Crippen LogP contribution >= 0.6 is 0 Å². The molecular weight excluding hydrogens is 222 g/mol. The molecule has 0 fully saturated rings. The Morgan fingerprint density at radius 3 is 2.59 bits per heavy atom. The molecule has 0 aliphatic rings. The van der Waals surface area contributed by atoms with Gasteiger partial charge in [-0.05, 0) is 19.1 Å². The third-order valence-corrected chi connectivity index (χ3v) is 1.86. The summed E-state index contributed by atoms with van der Waals surface area (Å²) >= 11 is 0. The molecule has 1 amide bonds. The van der Waals surface area contributed by atoms with Gasteiger partial charge in [0, 0.05) is 6.54 Å². The Balaban J connectivity index is 2.20. The first-order valence-corrected chi connectivity index (χ1v) is 5.38. The lowest BCUT2D eigenvalue weighted by Crippen LogP contribution is -2.29. The van der Waals surface area contributed by atoms with E-state index in [1.807, 2.05) is 6.07 Å². The molecule has 92 valence electrons. The predicted molar refractivity (Wildman–Crippen MR) is 61.7 cm³/mol. The van der Waals surface area contributed by atoms with Gasteiger partial charge in [0.15, 0.2) is 0 Å². The zero-order valence-corrected chi connectivity index (χ0v) is 9.64. The van der Waals surface area contributed by atoms with Crippen molar-refractivity contribution in [3.8, 4) is 5.75 Å². The maximum atomic E-state index is 11.3. The van der Waals surface area contributed by atoms with Gasteiger partial charge >= 0.3 is 12.1 Å². The van der Waals surface area contributed by atoms with Gasteiger partial charge < -0.3 is 14.8 Å². The van der Waals surface area contributed by atoms with Crippen molar-refractivity contribution in [3.63, 3.8) is 0 Å². The van der Waals surface area contributed by atoms with Gasteiger partial charge in [0.05, 0.1) is 13.0 Å². The summed E-state index contributed by atoms with van der Waals surface area (Å²) in [5.74, 6) is 0.119. The van der Waals surface area contributed by atoms with Crippen molar-refractivity contribution < 1.29 is 19.1 Å². The van der Waals surface area contributed by atoms with Gasteiger partial charge in [-0.3, -0.25) is 4.79 Å². The number of hydrogen-bond acceptors (Lipinski definition) is 4. The molecule has 0 spiro atoms. The summed E-state index contributed by atoms with van der Waals surface area (Å²) in [7, 11) is 0. The number of ether oxygens (including phenoxy) is 2. The highest BCUT2D eigenvalue weighted by Crippen LogP contribution is 2.07. The molecule has 0 aliphatic carbocycles. The Morgan fingerprint density at radius 1 is 1.24 bits per heavy atom. The average Bonchev–Trinajstić information content (AvgIpc) is 2.30. The summed E-state index contributed by atoms with van der Waals surface area (Å²) in [5.41, 5.74) is 0. The molecule has 1 rings (SSSR count). The van der Waals surface area contributed by atoms with Crippen molar-refractivity contribution >= 4 is 12.1 Å². The second-order valence-corrected chi connectivity index (χ2v) is 3.18. The quantitative estimate of drug-likeness (QED) is 0.792. The summed E-state index contributed by atoms with van der Waals surface area (Å²) in [6, 6.07) is 8.70. The summed E-state index contributed by atoms with van der Waals surface area (Å²) in [4.78, 5) is 22.2. The number of esters is 1. The highest BCUT2D eigenvalue weighted by molar-refractivity contribution is 5.73. The number of benzene rings is 1. The minimum absolute atomic E-state index is 0.137. The third-order valence-electron chi connectivity index (χ3n) is 1.86. The Bertz CT molecular complexity index is 364. The Morgan fingerprint density at radius 2 is 1.94 bits per heavy atom. The predicted octanol–water partition coefficient (Wildman–Crippen LogP) is 1.73. The highest BCUT2D eigenvalue weighted by atomic mass is 16.6. The minimum Gasteiger partial charge on any atom is -0.466 e. The number of carbonyl (C=O) groups excluding carboxylic acids is 2. The van der Waals surface area contributed by atoms with Gasteiger partial charge in [-0.2, -0.15) is 0 Å². The fraction of sp³-hybridized carbons (Fsp3) is 0.333. The lowest BCUT2D eigenvalue weighted by Gasteiger charge is -2.06. The topological polar surface area (TPSA) is 64.6 Å². The van der Waals surface area contributed by atoms with Crippen molar-refractivity contribution in [2.24, 2.45) is 0 Å². The van der Waals surface area contributed by atoms with E-state index in [2.05, 4.69) is 5.32 Å².